The zero-order chi connectivity index (χ0) is 21.2. The van der Waals surface area contributed by atoms with Gasteiger partial charge in [0, 0.05) is 13.2 Å². The molecule has 156 valence electrons. The number of aromatic nitrogens is 4. The molecule has 3 heterocycles. The van der Waals surface area contributed by atoms with Crippen molar-refractivity contribution in [3.63, 3.8) is 0 Å². The Bertz CT molecular complexity index is 1310. The molecule has 0 aliphatic carbocycles. The van der Waals surface area contributed by atoms with Crippen LogP contribution in [0, 0.1) is 0 Å². The molecule has 1 N–H and O–H groups in total. The third-order valence-corrected chi connectivity index (χ3v) is 5.41. The number of rotatable bonds is 5. The van der Waals surface area contributed by atoms with Crippen molar-refractivity contribution in [1.82, 2.24) is 24.8 Å². The molecule has 0 saturated carbocycles. The van der Waals surface area contributed by atoms with E-state index in [1.54, 1.807) is 23.1 Å². The first-order valence-corrected chi connectivity index (χ1v) is 10.3. The number of carbonyl (C=O) groups is 1. The number of aromatic amines is 1. The number of H-pyrrole nitrogens is 1. The fourth-order valence-corrected chi connectivity index (χ4v) is 3.87. The van der Waals surface area contributed by atoms with Crippen molar-refractivity contribution in [2.75, 3.05) is 13.2 Å². The number of hydrogen-bond donors (Lipinski definition) is 1. The number of para-hydroxylation sites is 3. The third kappa shape index (κ3) is 4.02. The predicted molar refractivity (Wildman–Crippen MR) is 116 cm³/mol. The van der Waals surface area contributed by atoms with Gasteiger partial charge in [0.25, 0.3) is 11.5 Å². The van der Waals surface area contributed by atoms with E-state index in [-0.39, 0.29) is 29.8 Å². The molecule has 1 atom stereocenters. The Morgan fingerprint density at radius 2 is 1.84 bits per heavy atom. The minimum atomic E-state index is -0.274. The van der Waals surface area contributed by atoms with Gasteiger partial charge in [0.1, 0.15) is 11.5 Å². The summed E-state index contributed by atoms with van der Waals surface area (Å²) in [4.78, 5) is 43.7. The molecule has 2 aromatic heterocycles. The second-order valence-corrected chi connectivity index (χ2v) is 7.59. The van der Waals surface area contributed by atoms with Crippen molar-refractivity contribution in [3.05, 3.63) is 76.6 Å². The van der Waals surface area contributed by atoms with Gasteiger partial charge in [-0.3, -0.25) is 14.6 Å². The number of fused-ring (bicyclic) bond motifs is 2. The second-order valence-electron chi connectivity index (χ2n) is 7.59. The first kappa shape index (κ1) is 19.3. The third-order valence-electron chi connectivity index (χ3n) is 5.41. The van der Waals surface area contributed by atoms with E-state index in [1.165, 1.54) is 6.20 Å². The SMILES string of the molecule is O=C(c1cnc2ccccc2n1)N(Cc1nc2ccccc2c(=O)[nH]1)C[C@@H]1CCCO1. The van der Waals surface area contributed by atoms with E-state index in [2.05, 4.69) is 19.9 Å². The summed E-state index contributed by atoms with van der Waals surface area (Å²) in [5.74, 6) is 0.147. The molecule has 2 aromatic carbocycles. The monoisotopic (exact) mass is 415 g/mol. The van der Waals surface area contributed by atoms with E-state index in [9.17, 15) is 9.59 Å². The molecule has 4 aromatic rings. The van der Waals surface area contributed by atoms with Crippen LogP contribution >= 0.6 is 0 Å². The van der Waals surface area contributed by atoms with E-state index in [1.807, 2.05) is 30.3 Å². The number of benzene rings is 2. The van der Waals surface area contributed by atoms with Crippen LogP contribution in [0.4, 0.5) is 0 Å². The van der Waals surface area contributed by atoms with Crippen molar-refractivity contribution >= 4 is 27.8 Å². The van der Waals surface area contributed by atoms with Crippen molar-refractivity contribution in [2.45, 2.75) is 25.5 Å². The molecular formula is C23H21N5O3. The predicted octanol–water partition coefficient (Wildman–Crippen LogP) is 2.69. The van der Waals surface area contributed by atoms with Crippen LogP contribution in [-0.4, -0.2) is 50.0 Å². The Balaban J connectivity index is 1.48. The highest BCUT2D eigenvalue weighted by atomic mass is 16.5. The molecule has 0 bridgehead atoms. The normalized spacial score (nSPS) is 16.1. The molecular weight excluding hydrogens is 394 g/mol. The lowest BCUT2D eigenvalue weighted by molar-refractivity contribution is 0.0497. The summed E-state index contributed by atoms with van der Waals surface area (Å²) >= 11 is 0. The Hall–Kier alpha value is -3.65. The summed E-state index contributed by atoms with van der Waals surface area (Å²) < 4.78 is 5.75. The van der Waals surface area contributed by atoms with Gasteiger partial charge in [-0.1, -0.05) is 24.3 Å². The molecule has 1 amide bonds. The Morgan fingerprint density at radius 1 is 1.06 bits per heavy atom. The standard InChI is InChI=1S/C23H21N5O3/c29-22-16-7-1-2-8-17(16)26-21(27-22)14-28(13-15-6-5-11-31-15)23(30)20-12-24-18-9-3-4-10-19(18)25-20/h1-4,7-10,12,15H,5-6,11,13-14H2,(H,26,27,29)/t15-/m0/s1. The van der Waals surface area contributed by atoms with Gasteiger partial charge in [0.05, 0.1) is 40.8 Å². The fourth-order valence-electron chi connectivity index (χ4n) is 3.87. The van der Waals surface area contributed by atoms with Crippen LogP contribution in [0.2, 0.25) is 0 Å². The number of nitrogens with one attached hydrogen (secondary N) is 1. The van der Waals surface area contributed by atoms with E-state index >= 15 is 0 Å². The average molecular weight is 415 g/mol. The molecule has 1 aliphatic heterocycles. The highest BCUT2D eigenvalue weighted by Gasteiger charge is 2.25. The van der Waals surface area contributed by atoms with E-state index in [4.69, 9.17) is 4.74 Å². The number of hydrogen-bond acceptors (Lipinski definition) is 6. The molecule has 8 heteroatoms. The summed E-state index contributed by atoms with van der Waals surface area (Å²) in [5, 5.41) is 0.517. The summed E-state index contributed by atoms with van der Waals surface area (Å²) in [5.41, 5.74) is 2.00. The smallest absolute Gasteiger partial charge is 0.274 e. The van der Waals surface area contributed by atoms with Crippen molar-refractivity contribution in [3.8, 4) is 0 Å². The fraction of sp³-hybridized carbons (Fsp3) is 0.261. The lowest BCUT2D eigenvalue weighted by Crippen LogP contribution is -2.38. The maximum atomic E-state index is 13.4. The number of carbonyl (C=O) groups excluding carboxylic acids is 1. The molecule has 1 aliphatic rings. The highest BCUT2D eigenvalue weighted by Crippen LogP contribution is 2.17. The number of amides is 1. The van der Waals surface area contributed by atoms with Crippen LogP contribution in [0.15, 0.2) is 59.5 Å². The highest BCUT2D eigenvalue weighted by molar-refractivity contribution is 5.93. The summed E-state index contributed by atoms with van der Waals surface area (Å²) in [6.45, 7) is 1.23. The van der Waals surface area contributed by atoms with Crippen LogP contribution in [0.3, 0.4) is 0 Å². The maximum absolute atomic E-state index is 13.4. The van der Waals surface area contributed by atoms with Gasteiger partial charge >= 0.3 is 0 Å². The Kier molecular flexibility index (Phi) is 5.13. The van der Waals surface area contributed by atoms with Gasteiger partial charge in [0.15, 0.2) is 0 Å². The van der Waals surface area contributed by atoms with Gasteiger partial charge in [-0.25, -0.2) is 9.97 Å². The van der Waals surface area contributed by atoms with Crippen LogP contribution in [-0.2, 0) is 11.3 Å². The van der Waals surface area contributed by atoms with Crippen LogP contribution in [0.25, 0.3) is 21.9 Å². The Labute approximate surface area is 177 Å². The van der Waals surface area contributed by atoms with Crippen molar-refractivity contribution < 1.29 is 9.53 Å². The van der Waals surface area contributed by atoms with Gasteiger partial charge < -0.3 is 14.6 Å². The van der Waals surface area contributed by atoms with E-state index in [0.717, 1.165) is 18.4 Å². The molecule has 0 spiro atoms. The topological polar surface area (TPSA) is 101 Å². The van der Waals surface area contributed by atoms with Gasteiger partial charge in [-0.05, 0) is 37.1 Å². The lowest BCUT2D eigenvalue weighted by atomic mass is 10.2. The van der Waals surface area contributed by atoms with Gasteiger partial charge in [-0.15, -0.1) is 0 Å². The molecule has 31 heavy (non-hydrogen) atoms. The quantitative estimate of drug-likeness (QED) is 0.538. The van der Waals surface area contributed by atoms with E-state index in [0.29, 0.717) is 35.4 Å². The molecule has 0 unspecified atom stereocenters. The zero-order valence-corrected chi connectivity index (χ0v) is 16.8. The zero-order valence-electron chi connectivity index (χ0n) is 16.8. The summed E-state index contributed by atoms with van der Waals surface area (Å²) in [7, 11) is 0. The molecule has 5 rings (SSSR count). The minimum Gasteiger partial charge on any atom is -0.376 e. The largest absolute Gasteiger partial charge is 0.376 e. The first-order valence-electron chi connectivity index (χ1n) is 10.3. The van der Waals surface area contributed by atoms with Crippen LogP contribution in [0.1, 0.15) is 29.2 Å². The van der Waals surface area contributed by atoms with Crippen molar-refractivity contribution in [2.24, 2.45) is 0 Å². The molecule has 1 fully saturated rings. The summed E-state index contributed by atoms with van der Waals surface area (Å²) in [6, 6.07) is 14.6. The maximum Gasteiger partial charge on any atom is 0.274 e. The number of ether oxygens (including phenoxy) is 1. The second kappa shape index (κ2) is 8.23. The molecule has 8 nitrogen and oxygen atoms in total. The minimum absolute atomic E-state index is 0.0513. The average Bonchev–Trinajstić information content (AvgIpc) is 3.31. The molecule has 0 radical (unpaired) electrons. The van der Waals surface area contributed by atoms with Gasteiger partial charge in [0.2, 0.25) is 0 Å². The number of nitrogens with zero attached hydrogens (tertiary/aromatic N) is 4. The first-order chi connectivity index (χ1) is 15.2. The van der Waals surface area contributed by atoms with Crippen LogP contribution < -0.4 is 5.56 Å². The van der Waals surface area contributed by atoms with Gasteiger partial charge in [-0.2, -0.15) is 0 Å². The van der Waals surface area contributed by atoms with Crippen molar-refractivity contribution in [1.29, 1.82) is 0 Å². The molecule has 1 saturated heterocycles. The summed E-state index contributed by atoms with van der Waals surface area (Å²) in [6.07, 6.45) is 3.29. The van der Waals surface area contributed by atoms with Crippen LogP contribution in [0.5, 0.6) is 0 Å². The van der Waals surface area contributed by atoms with E-state index < -0.39 is 0 Å². The lowest BCUT2D eigenvalue weighted by Gasteiger charge is -2.24. The Morgan fingerprint density at radius 3 is 2.65 bits per heavy atom.